The molecule has 3 heteroatoms. The maximum Gasteiger partial charge on any atom is 0.150 e. The summed E-state index contributed by atoms with van der Waals surface area (Å²) < 4.78 is 6.17. The fraction of sp³-hybridized carbons (Fsp3) is 0.533. The SMILES string of the molecule is CCCCC[C@@H]1CCc2ccc3[nH]cnc3c2O1. The van der Waals surface area contributed by atoms with Crippen LogP contribution in [0.3, 0.4) is 0 Å². The number of hydrogen-bond donors (Lipinski definition) is 1. The van der Waals surface area contributed by atoms with E-state index >= 15 is 0 Å². The van der Waals surface area contributed by atoms with E-state index < -0.39 is 0 Å². The van der Waals surface area contributed by atoms with E-state index in [4.69, 9.17) is 4.74 Å². The summed E-state index contributed by atoms with van der Waals surface area (Å²) in [6, 6.07) is 4.26. The van der Waals surface area contributed by atoms with E-state index in [0.717, 1.165) is 29.6 Å². The normalized spacial score (nSPS) is 18.6. The third-order valence-electron chi connectivity index (χ3n) is 3.78. The Morgan fingerprint density at radius 1 is 1.39 bits per heavy atom. The molecule has 0 spiro atoms. The lowest BCUT2D eigenvalue weighted by Gasteiger charge is -2.26. The zero-order valence-corrected chi connectivity index (χ0v) is 10.9. The van der Waals surface area contributed by atoms with Crippen LogP contribution in [0.4, 0.5) is 0 Å². The number of aromatic amines is 1. The summed E-state index contributed by atoms with van der Waals surface area (Å²) in [4.78, 5) is 7.53. The van der Waals surface area contributed by atoms with Crippen LogP contribution in [0.1, 0.15) is 44.6 Å². The number of fused-ring (bicyclic) bond motifs is 3. The first-order valence-electron chi connectivity index (χ1n) is 7.00. The average Bonchev–Trinajstić information content (AvgIpc) is 2.87. The molecule has 2 aromatic rings. The number of aryl methyl sites for hydroxylation is 1. The van der Waals surface area contributed by atoms with Crippen molar-refractivity contribution in [2.24, 2.45) is 0 Å². The smallest absolute Gasteiger partial charge is 0.150 e. The van der Waals surface area contributed by atoms with Gasteiger partial charge in [-0.3, -0.25) is 0 Å². The Labute approximate surface area is 108 Å². The Hall–Kier alpha value is -1.51. The standard InChI is InChI=1S/C15H20N2O/c1-2-3-4-5-12-8-6-11-7-9-13-14(15(11)18-12)17-10-16-13/h7,9-10,12H,2-6,8H2,1H3,(H,16,17)/t12-/m1/s1. The summed E-state index contributed by atoms with van der Waals surface area (Å²) in [6.45, 7) is 2.24. The number of imidazole rings is 1. The number of hydrogen-bond acceptors (Lipinski definition) is 2. The first-order chi connectivity index (χ1) is 8.88. The second-order valence-corrected chi connectivity index (χ2v) is 5.13. The summed E-state index contributed by atoms with van der Waals surface area (Å²) >= 11 is 0. The van der Waals surface area contributed by atoms with Crippen molar-refractivity contribution in [1.29, 1.82) is 0 Å². The highest BCUT2D eigenvalue weighted by Crippen LogP contribution is 2.34. The molecule has 0 fully saturated rings. The van der Waals surface area contributed by atoms with Gasteiger partial charge in [0.15, 0.2) is 5.75 Å². The van der Waals surface area contributed by atoms with Crippen molar-refractivity contribution < 1.29 is 4.74 Å². The number of rotatable bonds is 4. The molecule has 96 valence electrons. The summed E-state index contributed by atoms with van der Waals surface area (Å²) in [5.74, 6) is 1.02. The lowest BCUT2D eigenvalue weighted by Crippen LogP contribution is -2.22. The number of ether oxygens (including phenoxy) is 1. The van der Waals surface area contributed by atoms with Crippen LogP contribution < -0.4 is 4.74 Å². The van der Waals surface area contributed by atoms with Crippen molar-refractivity contribution in [3.8, 4) is 5.75 Å². The Bertz CT molecular complexity index is 532. The van der Waals surface area contributed by atoms with Crippen LogP contribution in [0.5, 0.6) is 5.75 Å². The zero-order valence-electron chi connectivity index (χ0n) is 10.9. The topological polar surface area (TPSA) is 37.9 Å². The number of benzene rings is 1. The predicted molar refractivity (Wildman–Crippen MR) is 73.0 cm³/mol. The highest BCUT2D eigenvalue weighted by atomic mass is 16.5. The van der Waals surface area contributed by atoms with Gasteiger partial charge in [-0.2, -0.15) is 0 Å². The van der Waals surface area contributed by atoms with Crippen molar-refractivity contribution in [2.45, 2.75) is 51.6 Å². The number of nitrogens with one attached hydrogen (secondary N) is 1. The molecule has 0 radical (unpaired) electrons. The second kappa shape index (κ2) is 5.01. The Kier molecular flexibility index (Phi) is 3.22. The molecule has 1 atom stereocenters. The van der Waals surface area contributed by atoms with E-state index in [2.05, 4.69) is 29.0 Å². The van der Waals surface area contributed by atoms with Crippen LogP contribution in [0.25, 0.3) is 11.0 Å². The Morgan fingerprint density at radius 3 is 3.22 bits per heavy atom. The van der Waals surface area contributed by atoms with Crippen molar-refractivity contribution >= 4 is 11.0 Å². The fourth-order valence-corrected chi connectivity index (χ4v) is 2.72. The van der Waals surface area contributed by atoms with E-state index in [1.807, 2.05) is 0 Å². The van der Waals surface area contributed by atoms with Crippen LogP contribution in [0.2, 0.25) is 0 Å². The van der Waals surface area contributed by atoms with Gasteiger partial charge in [-0.1, -0.05) is 25.8 Å². The van der Waals surface area contributed by atoms with E-state index in [0.29, 0.717) is 6.10 Å². The van der Waals surface area contributed by atoms with Gasteiger partial charge in [-0.25, -0.2) is 4.98 Å². The molecule has 0 saturated carbocycles. The second-order valence-electron chi connectivity index (χ2n) is 5.13. The molecule has 1 aliphatic rings. The summed E-state index contributed by atoms with van der Waals surface area (Å²) in [6.07, 6.45) is 9.41. The lowest BCUT2D eigenvalue weighted by molar-refractivity contribution is 0.162. The molecule has 1 aromatic carbocycles. The molecular weight excluding hydrogens is 224 g/mol. The van der Waals surface area contributed by atoms with Crippen LogP contribution >= 0.6 is 0 Å². The Balaban J connectivity index is 1.80. The van der Waals surface area contributed by atoms with E-state index in [-0.39, 0.29) is 0 Å². The molecule has 3 rings (SSSR count). The number of aromatic nitrogens is 2. The van der Waals surface area contributed by atoms with Crippen LogP contribution in [0.15, 0.2) is 18.5 Å². The fourth-order valence-electron chi connectivity index (χ4n) is 2.72. The molecule has 1 N–H and O–H groups in total. The Morgan fingerprint density at radius 2 is 2.33 bits per heavy atom. The summed E-state index contributed by atoms with van der Waals surface area (Å²) in [5, 5.41) is 0. The van der Waals surface area contributed by atoms with Crippen LogP contribution in [-0.2, 0) is 6.42 Å². The monoisotopic (exact) mass is 244 g/mol. The predicted octanol–water partition coefficient (Wildman–Crippen LogP) is 3.84. The number of H-pyrrole nitrogens is 1. The maximum atomic E-state index is 6.17. The van der Waals surface area contributed by atoms with Gasteiger partial charge in [-0.05, 0) is 37.3 Å². The lowest BCUT2D eigenvalue weighted by atomic mass is 9.98. The van der Waals surface area contributed by atoms with Crippen LogP contribution in [-0.4, -0.2) is 16.1 Å². The minimum Gasteiger partial charge on any atom is -0.488 e. The minimum atomic E-state index is 0.381. The third kappa shape index (κ3) is 2.09. The highest BCUT2D eigenvalue weighted by molar-refractivity contribution is 5.83. The van der Waals surface area contributed by atoms with Gasteiger partial charge in [0.25, 0.3) is 0 Å². The molecule has 2 heterocycles. The van der Waals surface area contributed by atoms with Gasteiger partial charge in [0.1, 0.15) is 5.52 Å². The van der Waals surface area contributed by atoms with Gasteiger partial charge in [0.2, 0.25) is 0 Å². The quantitative estimate of drug-likeness (QED) is 0.830. The van der Waals surface area contributed by atoms with Gasteiger partial charge in [0.05, 0.1) is 17.9 Å². The van der Waals surface area contributed by atoms with Gasteiger partial charge in [-0.15, -0.1) is 0 Å². The average molecular weight is 244 g/mol. The molecule has 0 aliphatic carbocycles. The van der Waals surface area contributed by atoms with Crippen LogP contribution in [0, 0.1) is 0 Å². The number of unbranched alkanes of at least 4 members (excludes halogenated alkanes) is 2. The van der Waals surface area contributed by atoms with Gasteiger partial charge >= 0.3 is 0 Å². The maximum absolute atomic E-state index is 6.17. The molecule has 18 heavy (non-hydrogen) atoms. The van der Waals surface area contributed by atoms with Gasteiger partial charge < -0.3 is 9.72 Å². The first-order valence-corrected chi connectivity index (χ1v) is 7.00. The molecule has 0 bridgehead atoms. The molecule has 3 nitrogen and oxygen atoms in total. The van der Waals surface area contributed by atoms with Gasteiger partial charge in [0, 0.05) is 0 Å². The minimum absolute atomic E-state index is 0.381. The highest BCUT2D eigenvalue weighted by Gasteiger charge is 2.22. The molecule has 1 aliphatic heterocycles. The van der Waals surface area contributed by atoms with Crippen molar-refractivity contribution in [3.63, 3.8) is 0 Å². The summed E-state index contributed by atoms with van der Waals surface area (Å²) in [5.41, 5.74) is 3.37. The molecule has 0 unspecified atom stereocenters. The third-order valence-corrected chi connectivity index (χ3v) is 3.78. The largest absolute Gasteiger partial charge is 0.488 e. The van der Waals surface area contributed by atoms with Crippen molar-refractivity contribution in [1.82, 2.24) is 9.97 Å². The molecule has 1 aromatic heterocycles. The van der Waals surface area contributed by atoms with E-state index in [1.165, 1.54) is 31.2 Å². The van der Waals surface area contributed by atoms with Crippen molar-refractivity contribution in [2.75, 3.05) is 0 Å². The van der Waals surface area contributed by atoms with E-state index in [1.54, 1.807) is 6.33 Å². The number of nitrogens with zero attached hydrogens (tertiary/aromatic N) is 1. The first kappa shape index (κ1) is 11.6. The van der Waals surface area contributed by atoms with Crippen molar-refractivity contribution in [3.05, 3.63) is 24.0 Å². The van der Waals surface area contributed by atoms with E-state index in [9.17, 15) is 0 Å². The molecular formula is C15H20N2O. The molecule has 0 amide bonds. The zero-order chi connectivity index (χ0) is 12.4. The summed E-state index contributed by atoms with van der Waals surface area (Å²) in [7, 11) is 0. The molecule has 0 saturated heterocycles.